The van der Waals surface area contributed by atoms with E-state index in [1.807, 2.05) is 0 Å². The number of aliphatic hydroxyl groups is 7. The zero-order valence-corrected chi connectivity index (χ0v) is 39.1. The molecule has 68 heavy (non-hydrogen) atoms. The van der Waals surface area contributed by atoms with Crippen LogP contribution in [0.15, 0.2) is 0 Å². The zero-order chi connectivity index (χ0) is 50.1. The Labute approximate surface area is 403 Å². The minimum Gasteiger partial charge on any atom is -0.463 e. The summed E-state index contributed by atoms with van der Waals surface area (Å²) in [5.74, 6) is -5.03. The predicted octanol–water partition coefficient (Wildman–Crippen LogP) is -4.71. The summed E-state index contributed by atoms with van der Waals surface area (Å²) in [7, 11) is 1.44. The molecule has 0 radical (unpaired) electrons. The number of nitrogens with zero attached hydrogens (tertiary/aromatic N) is 3. The van der Waals surface area contributed by atoms with Crippen molar-refractivity contribution in [3.05, 3.63) is 0 Å². The Morgan fingerprint density at radius 3 is 1.60 bits per heavy atom. The van der Waals surface area contributed by atoms with E-state index in [1.54, 1.807) is 0 Å². The maximum absolute atomic E-state index is 12.6. The zero-order valence-electron chi connectivity index (χ0n) is 38.0. The molecule has 2 saturated heterocycles. The Balaban J connectivity index is 0.0000231. The van der Waals surface area contributed by atoms with Gasteiger partial charge in [-0.1, -0.05) is 0 Å². The van der Waals surface area contributed by atoms with Crippen LogP contribution in [-0.2, 0) is 69.6 Å². The number of carbonyl (C=O) groups is 7. The fourth-order valence-electron chi connectivity index (χ4n) is 6.70. The number of Topliss-reactive ketones (excluding diaryl/α,β-unsaturated/α-hetero) is 1. The molecular weight excluding hydrogens is 956 g/mol. The van der Waals surface area contributed by atoms with Gasteiger partial charge in [0.05, 0.1) is 19.1 Å². The number of rotatable bonds is 32. The molecule has 0 bridgehead atoms. The van der Waals surface area contributed by atoms with Gasteiger partial charge in [-0.2, -0.15) is 0 Å². The van der Waals surface area contributed by atoms with E-state index in [0.717, 1.165) is 0 Å². The summed E-state index contributed by atoms with van der Waals surface area (Å²) < 4.78 is 21.0. The number of esters is 1. The van der Waals surface area contributed by atoms with Crippen LogP contribution >= 0.6 is 0 Å². The molecule has 2 rings (SSSR count). The number of amides is 5. The Bertz CT molecular complexity index is 1550. The maximum Gasteiger partial charge on any atom is 0.306 e. The number of likely N-dealkylation sites (N-methyl/N-ethyl adjacent to an activating group) is 1. The monoisotopic (exact) mass is 1030 g/mol. The molecule has 2 heterocycles. The number of ether oxygens (including phenoxy) is 4. The average molecular weight is 1030 g/mol. The van der Waals surface area contributed by atoms with Crippen LogP contribution in [0.3, 0.4) is 0 Å². The third-order valence-corrected chi connectivity index (χ3v) is 10.8. The van der Waals surface area contributed by atoms with Crippen molar-refractivity contribution in [3.63, 3.8) is 0 Å². The van der Waals surface area contributed by atoms with Gasteiger partial charge in [0.15, 0.2) is 6.29 Å². The van der Waals surface area contributed by atoms with Crippen molar-refractivity contribution in [3.8, 4) is 0 Å². The van der Waals surface area contributed by atoms with E-state index in [2.05, 4.69) is 16.0 Å². The van der Waals surface area contributed by atoms with Gasteiger partial charge in [0.25, 0.3) is 0 Å². The molecule has 2 aliphatic rings. The number of unbranched alkanes of at least 4 members (excludes halogenated alkanes) is 5. The van der Waals surface area contributed by atoms with Crippen LogP contribution < -0.4 is 16.0 Å². The van der Waals surface area contributed by atoms with E-state index in [-0.39, 0.29) is 81.4 Å². The van der Waals surface area contributed by atoms with Crippen molar-refractivity contribution in [1.82, 2.24) is 31.1 Å². The van der Waals surface area contributed by atoms with Crippen molar-refractivity contribution in [2.75, 3.05) is 59.6 Å². The molecule has 0 aromatic heterocycles. The summed E-state index contributed by atoms with van der Waals surface area (Å²) in [5.41, 5.74) is 0. The van der Waals surface area contributed by atoms with Gasteiger partial charge < -0.3 is 70.6 Å². The van der Waals surface area contributed by atoms with Gasteiger partial charge in [-0.3, -0.25) is 49.2 Å². The Morgan fingerprint density at radius 1 is 0.647 bits per heavy atom. The first-order valence-electron chi connectivity index (χ1n) is 22.3. The van der Waals surface area contributed by atoms with Crippen molar-refractivity contribution in [2.24, 2.45) is 0 Å². The summed E-state index contributed by atoms with van der Waals surface area (Å²) in [6.45, 7) is -0.785. The summed E-state index contributed by atoms with van der Waals surface area (Å²) in [6.07, 6.45) is -14.2. The van der Waals surface area contributed by atoms with Crippen LogP contribution in [0.25, 0.3) is 0 Å². The largest absolute Gasteiger partial charge is 0.463 e. The third kappa shape index (κ3) is 22.0. The molecule has 0 spiro atoms. The van der Waals surface area contributed by atoms with Crippen molar-refractivity contribution in [1.29, 1.82) is 0 Å². The van der Waals surface area contributed by atoms with Crippen LogP contribution in [0.1, 0.15) is 89.9 Å². The Kier molecular flexibility index (Phi) is 31.1. The molecule has 2 aliphatic heterocycles. The summed E-state index contributed by atoms with van der Waals surface area (Å²) >= 11 is 0. The molecule has 394 valence electrons. The topological polar surface area (TPSA) is 405 Å². The molecule has 0 saturated carbocycles. The summed E-state index contributed by atoms with van der Waals surface area (Å²) in [6, 6.07) is -0.901. The van der Waals surface area contributed by atoms with E-state index in [0.29, 0.717) is 73.1 Å². The Morgan fingerprint density at radius 2 is 1.13 bits per heavy atom. The number of aliphatic hydroxyl groups excluding tert-OH is 7. The van der Waals surface area contributed by atoms with Crippen molar-refractivity contribution in [2.45, 2.75) is 151 Å². The van der Waals surface area contributed by atoms with Gasteiger partial charge >= 0.3 is 5.97 Å². The van der Waals surface area contributed by atoms with Gasteiger partial charge in [0.1, 0.15) is 49.3 Å². The molecular formula is C40H70FeN6O21. The Hall–Kier alpha value is -3.55. The fraction of sp³-hybridized carbons (Fsp3) is 0.825. The van der Waals surface area contributed by atoms with E-state index >= 15 is 0 Å². The first-order valence-corrected chi connectivity index (χ1v) is 22.3. The standard InChI is InChI=1S/C40H70N6O21.Fe/c1-41-24(22-48)37-34(57)35(58)38(39(60)66-37)67-40-36(59)33(56)32(55)25(65-40)23-64-31(54)15-14-30(53)45(62)19-7-3-5-17-42-26(49)10-12-28(51)44(61)18-6-2-4-16-43-27(50)11-13-29(52)46(63)20-8-9-21-47;/h24-25,32-35,37-41,47-48,55-58,60-63H,2-23H2,1H3,(H,42,49)(H,43,50);/t24?,25-,32-,33+,34+,35+,37-,38-,39?,40-;/m1./s1. The molecule has 28 heteroatoms. The second-order valence-electron chi connectivity index (χ2n) is 16.0. The van der Waals surface area contributed by atoms with Gasteiger partial charge in [-0.15, -0.1) is 0 Å². The summed E-state index contributed by atoms with van der Waals surface area (Å²) in [4.78, 5) is 85.5. The second-order valence-corrected chi connectivity index (χ2v) is 16.0. The van der Waals surface area contributed by atoms with Gasteiger partial charge in [0.2, 0.25) is 41.6 Å². The molecule has 0 aromatic rings. The minimum absolute atomic E-state index is 0. The number of ketones is 1. The molecule has 0 aromatic carbocycles. The van der Waals surface area contributed by atoms with Crippen LogP contribution in [-0.4, -0.2) is 229 Å². The number of hydroxylamine groups is 6. The molecule has 13 N–H and O–H groups in total. The molecule has 0 aliphatic carbocycles. The average Bonchev–Trinajstić information content (AvgIpc) is 3.31. The third-order valence-electron chi connectivity index (χ3n) is 10.8. The molecule has 2 fully saturated rings. The first-order chi connectivity index (χ1) is 31.9. The van der Waals surface area contributed by atoms with Crippen molar-refractivity contribution < 1.29 is 121 Å². The van der Waals surface area contributed by atoms with Crippen LogP contribution in [0, 0.1) is 0 Å². The number of nitrogens with one attached hydrogen (secondary N) is 3. The van der Waals surface area contributed by atoms with E-state index in [1.165, 1.54) is 7.05 Å². The quantitative estimate of drug-likeness (QED) is 0.00990. The normalized spacial score (nSPS) is 24.0. The molecule has 2 unspecified atom stereocenters. The van der Waals surface area contributed by atoms with E-state index in [4.69, 9.17) is 24.1 Å². The van der Waals surface area contributed by atoms with Gasteiger partial charge in [-0.05, 0) is 58.4 Å². The number of hydrogen-bond donors (Lipinski definition) is 13. The fourth-order valence-corrected chi connectivity index (χ4v) is 6.70. The van der Waals surface area contributed by atoms with E-state index < -0.39 is 123 Å². The molecule has 10 atom stereocenters. The van der Waals surface area contributed by atoms with Gasteiger partial charge in [-0.25, -0.2) is 15.2 Å². The molecule has 5 amide bonds. The van der Waals surface area contributed by atoms with Crippen LogP contribution in [0.4, 0.5) is 0 Å². The predicted molar refractivity (Wildman–Crippen MR) is 223 cm³/mol. The smallest absolute Gasteiger partial charge is 0.306 e. The SMILES string of the molecule is CNC(CO)[C@H]1OC(O)[C@H](O[C@H]2O[C@H](COC(=O)CCC(=O)N(O)CCCCCNC(=O)CCC(=O)N(O)CCCCCNC(=O)CCC(=O)N(O)CCCCO)[C@@H](O)[C@H](O)C2=O)[C@@H](O)[C@@H]1O.[Fe]. The minimum atomic E-state index is -2.11. The second kappa shape index (κ2) is 33.9. The van der Waals surface area contributed by atoms with Crippen molar-refractivity contribution >= 4 is 41.3 Å². The van der Waals surface area contributed by atoms with Gasteiger partial charge in [0, 0.05) is 88.5 Å². The first kappa shape index (κ1) is 62.5. The van der Waals surface area contributed by atoms with Crippen LogP contribution in [0.2, 0.25) is 0 Å². The number of carbonyl (C=O) groups excluding carboxylic acids is 7. The summed E-state index contributed by atoms with van der Waals surface area (Å²) in [5, 5.41) is 110. The number of hydrogen-bond acceptors (Lipinski definition) is 22. The van der Waals surface area contributed by atoms with E-state index in [9.17, 15) is 79.8 Å². The van der Waals surface area contributed by atoms with Crippen LogP contribution in [0.5, 0.6) is 0 Å². The molecule has 27 nitrogen and oxygen atoms in total. The maximum atomic E-state index is 12.6.